The van der Waals surface area contributed by atoms with Gasteiger partial charge in [-0.05, 0) is 119 Å². The molecule has 8 aliphatic carbocycles. The van der Waals surface area contributed by atoms with Crippen LogP contribution in [0.5, 0.6) is 0 Å². The van der Waals surface area contributed by atoms with Gasteiger partial charge >= 0.3 is 11.9 Å². The molecule has 12 nitrogen and oxygen atoms in total. The second kappa shape index (κ2) is 16.2. The molecule has 0 heterocycles. The summed E-state index contributed by atoms with van der Waals surface area (Å²) < 4.78 is 10.1. The Morgan fingerprint density at radius 3 is 1.52 bits per heavy atom. The van der Waals surface area contributed by atoms with E-state index in [1.807, 2.05) is 32.9 Å². The fraction of sp³-hybridized carbons (Fsp3) is 0.714. The summed E-state index contributed by atoms with van der Waals surface area (Å²) in [6.45, 7) is 10.4. The second-order valence-electron chi connectivity index (χ2n) is 20.6. The summed E-state index contributed by atoms with van der Waals surface area (Å²) in [4.78, 5) is 72.8. The van der Waals surface area contributed by atoms with Gasteiger partial charge in [0.25, 0.3) is 0 Å². The molecule has 4 N–H and O–H groups in total. The summed E-state index contributed by atoms with van der Waals surface area (Å²) in [5.74, 6) is -1.51. The van der Waals surface area contributed by atoms with E-state index in [0.717, 1.165) is 43.3 Å². The van der Waals surface area contributed by atoms with E-state index in [1.165, 1.54) is 6.92 Å². The summed E-state index contributed by atoms with van der Waals surface area (Å²) in [6.07, 6.45) is 16.9. The van der Waals surface area contributed by atoms with Gasteiger partial charge in [0.05, 0.1) is 12.2 Å². The third kappa shape index (κ3) is 7.19. The molecule has 0 aromatic heterocycles. The minimum absolute atomic E-state index is 0.000356. The Hall–Kier alpha value is -3.58. The van der Waals surface area contributed by atoms with Crippen molar-refractivity contribution in [2.24, 2.45) is 57.2 Å². The predicted octanol–water partition coefficient (Wildman–Crippen LogP) is 5.43. The van der Waals surface area contributed by atoms with Crippen LogP contribution in [0.1, 0.15) is 125 Å². The van der Waals surface area contributed by atoms with E-state index in [1.54, 1.807) is 24.3 Å². The highest BCUT2D eigenvalue weighted by atomic mass is 16.5. The maximum atomic E-state index is 13.1. The van der Waals surface area contributed by atoms with Crippen molar-refractivity contribution in [3.05, 3.63) is 47.6 Å². The molecule has 0 aliphatic heterocycles. The zero-order valence-electron chi connectivity index (χ0n) is 36.7. The van der Waals surface area contributed by atoms with Gasteiger partial charge in [-0.15, -0.1) is 0 Å². The van der Waals surface area contributed by atoms with Crippen molar-refractivity contribution in [2.45, 2.75) is 148 Å². The maximum absolute atomic E-state index is 13.1. The summed E-state index contributed by atoms with van der Waals surface area (Å²) in [7, 11) is 0. The molecule has 12 heteroatoms. The first kappa shape index (κ1) is 45.4. The Bertz CT molecular complexity index is 1980. The number of hydrogen-bond acceptors (Lipinski definition) is 12. The Labute approximate surface area is 359 Å². The molecule has 0 radical (unpaired) electrons. The highest BCUT2D eigenvalue weighted by Gasteiger charge is 2.70. The molecular formula is C49H66O12. The summed E-state index contributed by atoms with van der Waals surface area (Å²) in [5.41, 5.74) is -3.34. The van der Waals surface area contributed by atoms with Gasteiger partial charge in [-0.3, -0.25) is 28.8 Å². The number of aliphatic hydroxyl groups is 4. The van der Waals surface area contributed by atoms with Crippen LogP contribution in [-0.4, -0.2) is 92.1 Å². The molecule has 0 saturated heterocycles. The fourth-order valence-electron chi connectivity index (χ4n) is 14.5. The van der Waals surface area contributed by atoms with Crippen LogP contribution in [0.3, 0.4) is 0 Å². The lowest BCUT2D eigenvalue weighted by Crippen LogP contribution is -2.61. The molecule has 0 bridgehead atoms. The molecule has 8 rings (SSSR count). The molecule has 61 heavy (non-hydrogen) atoms. The van der Waals surface area contributed by atoms with Gasteiger partial charge in [0.1, 0.15) is 11.2 Å². The lowest BCUT2D eigenvalue weighted by molar-refractivity contribution is -0.181. The van der Waals surface area contributed by atoms with Crippen LogP contribution in [-0.2, 0) is 38.2 Å². The van der Waals surface area contributed by atoms with Crippen LogP contribution in [0.15, 0.2) is 47.6 Å². The van der Waals surface area contributed by atoms with E-state index < -0.39 is 71.0 Å². The number of aliphatic hydroxyl groups excluding tert-OH is 2. The predicted molar refractivity (Wildman–Crippen MR) is 223 cm³/mol. The molecule has 0 aromatic carbocycles. The van der Waals surface area contributed by atoms with Crippen molar-refractivity contribution in [3.8, 4) is 0 Å². The number of fused-ring (bicyclic) bond motifs is 10. The summed E-state index contributed by atoms with van der Waals surface area (Å²) >= 11 is 0. The molecule has 0 aromatic rings. The van der Waals surface area contributed by atoms with E-state index in [9.17, 15) is 49.2 Å². The molecule has 8 aliphatic rings. The van der Waals surface area contributed by atoms with Crippen molar-refractivity contribution in [1.82, 2.24) is 0 Å². The zero-order chi connectivity index (χ0) is 44.5. The Morgan fingerprint density at radius 1 is 0.689 bits per heavy atom. The Kier molecular flexibility index (Phi) is 12.1. The molecule has 334 valence electrons. The van der Waals surface area contributed by atoms with Crippen molar-refractivity contribution >= 4 is 35.1 Å². The number of hydrogen-bond donors (Lipinski definition) is 4. The minimum atomic E-state index is -1.61. The molecule has 14 atom stereocenters. The number of unbranched alkanes of at least 4 members (excludes halogenated alkanes) is 1. The smallest absolute Gasteiger partial charge is 0.306 e. The van der Waals surface area contributed by atoms with Crippen LogP contribution < -0.4 is 0 Å². The molecule has 6 fully saturated rings. The first-order chi connectivity index (χ1) is 28.6. The number of ketones is 4. The number of Topliss-reactive ketones (excluding diaryl/α,β-unsaturated/α-hetero) is 2. The average molecular weight is 847 g/mol. The maximum Gasteiger partial charge on any atom is 0.306 e. The largest absolute Gasteiger partial charge is 0.458 e. The lowest BCUT2D eigenvalue weighted by atomic mass is 9.46. The summed E-state index contributed by atoms with van der Waals surface area (Å²) in [6, 6.07) is 0. The van der Waals surface area contributed by atoms with Gasteiger partial charge in [-0.2, -0.15) is 0 Å². The highest BCUT2D eigenvalue weighted by Crippen LogP contribution is 2.68. The number of esters is 2. The topological polar surface area (TPSA) is 202 Å². The van der Waals surface area contributed by atoms with E-state index in [0.29, 0.717) is 44.9 Å². The third-order valence-electron chi connectivity index (χ3n) is 17.7. The molecule has 0 spiro atoms. The lowest BCUT2D eigenvalue weighted by Gasteiger charge is -2.59. The van der Waals surface area contributed by atoms with E-state index in [2.05, 4.69) is 13.8 Å². The number of carbonyl (C=O) groups excluding carboxylic acids is 6. The highest BCUT2D eigenvalue weighted by molar-refractivity contribution is 6.01. The van der Waals surface area contributed by atoms with E-state index in [-0.39, 0.29) is 64.3 Å². The van der Waals surface area contributed by atoms with Crippen LogP contribution in [0, 0.1) is 57.2 Å². The van der Waals surface area contributed by atoms with Gasteiger partial charge in [0.15, 0.2) is 24.8 Å². The standard InChI is InChI=1S/C26H36O6.C23H30O6/c1-4-5-6-22(30)32-15-21(29)26(31)12-10-19-18-8-7-16-13-17(27)9-11-24(16,2)23(18)20(28)14-25(19,26)3;1-13(24)29-12-19(27)23(28)9-7-17-16-5-4-14-10-15(25)6-8-21(14,2)20(16)18(26)11-22(17,23)3/h9,11,13,18-20,23,28,31H,4-8,10,12,14-15H2,1-3H3;6,8,10,16-18,20,26,28H,4-5,7,9,11-12H2,1-3H3/t18?,19?,20?,23?,24-,25-,26-;16-,17-,18?,20+,21-,22-,23-/m00/s1. The van der Waals surface area contributed by atoms with Crippen molar-refractivity contribution < 1.29 is 58.7 Å². The monoisotopic (exact) mass is 846 g/mol. The third-order valence-corrected chi connectivity index (χ3v) is 17.7. The second-order valence-corrected chi connectivity index (χ2v) is 20.6. The van der Waals surface area contributed by atoms with Crippen LogP contribution >= 0.6 is 0 Å². The van der Waals surface area contributed by atoms with Gasteiger partial charge < -0.3 is 29.9 Å². The van der Waals surface area contributed by atoms with Crippen molar-refractivity contribution in [1.29, 1.82) is 0 Å². The summed E-state index contributed by atoms with van der Waals surface area (Å²) in [5, 5.41) is 45.7. The molecule has 6 saturated carbocycles. The van der Waals surface area contributed by atoms with E-state index in [4.69, 9.17) is 9.47 Å². The van der Waals surface area contributed by atoms with Crippen LogP contribution in [0.2, 0.25) is 0 Å². The Balaban J connectivity index is 0.000000185. The van der Waals surface area contributed by atoms with Crippen molar-refractivity contribution in [3.63, 3.8) is 0 Å². The van der Waals surface area contributed by atoms with Crippen LogP contribution in [0.4, 0.5) is 0 Å². The van der Waals surface area contributed by atoms with Gasteiger partial charge in [-0.25, -0.2) is 0 Å². The van der Waals surface area contributed by atoms with Crippen LogP contribution in [0.25, 0.3) is 0 Å². The Morgan fingerprint density at radius 2 is 1.11 bits per heavy atom. The normalized spacial score (nSPS) is 44.0. The average Bonchev–Trinajstić information content (AvgIpc) is 3.64. The number of allylic oxidation sites excluding steroid dienone is 8. The van der Waals surface area contributed by atoms with E-state index >= 15 is 0 Å². The first-order valence-corrected chi connectivity index (χ1v) is 22.6. The molecule has 0 amide bonds. The zero-order valence-corrected chi connectivity index (χ0v) is 36.7. The first-order valence-electron chi connectivity index (χ1n) is 22.6. The van der Waals surface area contributed by atoms with Crippen molar-refractivity contribution in [2.75, 3.05) is 13.2 Å². The molecule has 5 unspecified atom stereocenters. The number of carbonyl (C=O) groups is 6. The van der Waals surface area contributed by atoms with Gasteiger partial charge in [0.2, 0.25) is 11.6 Å². The number of rotatable bonds is 9. The van der Waals surface area contributed by atoms with Gasteiger partial charge in [0, 0.05) is 46.8 Å². The quantitative estimate of drug-likeness (QED) is 0.215. The molecular weight excluding hydrogens is 781 g/mol. The number of ether oxygens (including phenoxy) is 2. The fourth-order valence-corrected chi connectivity index (χ4v) is 14.5. The SMILES string of the molecule is CC(=O)OCC(=O)[C@@]1(O)CC[C@H]2[C@@H]3CCC4=CC(=O)C=C[C@]4(C)[C@H]3C(O)C[C@@]21C.CCCCC(=O)OCC(=O)[C@@]1(O)CCC2C3CCC4=CC(=O)C=C[C@]4(C)C3C(O)C[C@@]21C. The van der Waals surface area contributed by atoms with Gasteiger partial charge in [-0.1, -0.05) is 64.3 Å². The minimum Gasteiger partial charge on any atom is -0.458 e.